The number of ether oxygens (including phenoxy) is 1. The van der Waals surface area contributed by atoms with Gasteiger partial charge in [0.15, 0.2) is 0 Å². The zero-order valence-corrected chi connectivity index (χ0v) is 6.51. The lowest BCUT2D eigenvalue weighted by molar-refractivity contribution is 0.136. The lowest BCUT2D eigenvalue weighted by atomic mass is 10.2. The second-order valence-electron chi connectivity index (χ2n) is 2.28. The molecule has 3 heteroatoms. The van der Waals surface area contributed by atoms with Crippen LogP contribution in [-0.4, -0.2) is 19.9 Å². The molecule has 0 rings (SSSR count). The van der Waals surface area contributed by atoms with Crippen LogP contribution in [0, 0.1) is 0 Å². The molecule has 0 saturated heterocycles. The van der Waals surface area contributed by atoms with Gasteiger partial charge >= 0.3 is 0 Å². The van der Waals surface area contributed by atoms with E-state index in [0.717, 1.165) is 26.0 Å². The molecule has 0 spiro atoms. The summed E-state index contributed by atoms with van der Waals surface area (Å²) in [6, 6.07) is 0. The van der Waals surface area contributed by atoms with E-state index in [2.05, 4.69) is 0 Å². The molecule has 0 bridgehead atoms. The fourth-order valence-electron chi connectivity index (χ4n) is 0.785. The highest BCUT2D eigenvalue weighted by molar-refractivity contribution is 4.42. The van der Waals surface area contributed by atoms with E-state index in [4.69, 9.17) is 16.2 Å². The minimum atomic E-state index is 0.344. The van der Waals surface area contributed by atoms with Gasteiger partial charge in [0.1, 0.15) is 0 Å². The second kappa shape index (κ2) is 8.88. The molecule has 0 saturated carbocycles. The van der Waals surface area contributed by atoms with Gasteiger partial charge in [-0.2, -0.15) is 0 Å². The van der Waals surface area contributed by atoms with Gasteiger partial charge in [-0.1, -0.05) is 12.8 Å². The molecule has 3 nitrogen and oxygen atoms in total. The van der Waals surface area contributed by atoms with Crippen LogP contribution in [0.15, 0.2) is 0 Å². The predicted octanol–water partition coefficient (Wildman–Crippen LogP) is 0.438. The molecule has 0 aliphatic carbocycles. The normalized spacial score (nSPS) is 10.2. The first kappa shape index (κ1) is 9.88. The molecule has 0 aliphatic rings. The van der Waals surface area contributed by atoms with E-state index in [1.165, 1.54) is 12.8 Å². The highest BCUT2D eigenvalue weighted by Crippen LogP contribution is 1.97. The molecule has 0 fully saturated rings. The van der Waals surface area contributed by atoms with Gasteiger partial charge in [-0.05, 0) is 19.4 Å². The van der Waals surface area contributed by atoms with Crippen molar-refractivity contribution in [1.82, 2.24) is 0 Å². The van der Waals surface area contributed by atoms with E-state index < -0.39 is 0 Å². The fourth-order valence-corrected chi connectivity index (χ4v) is 0.785. The molecule has 10 heavy (non-hydrogen) atoms. The van der Waals surface area contributed by atoms with E-state index in [0.29, 0.717) is 6.73 Å². The Hall–Kier alpha value is -0.120. The van der Waals surface area contributed by atoms with Crippen LogP contribution in [0.2, 0.25) is 0 Å². The first-order valence-corrected chi connectivity index (χ1v) is 3.89. The maximum Gasteiger partial charge on any atom is 0.0940 e. The molecule has 0 aromatic carbocycles. The number of nitrogens with two attached hydrogens (primary N) is 2. The Labute approximate surface area is 62.7 Å². The average Bonchev–Trinajstić information content (AvgIpc) is 1.97. The largest absolute Gasteiger partial charge is 0.367 e. The second-order valence-corrected chi connectivity index (χ2v) is 2.28. The van der Waals surface area contributed by atoms with Gasteiger partial charge < -0.3 is 16.2 Å². The van der Waals surface area contributed by atoms with Crippen molar-refractivity contribution >= 4 is 0 Å². The van der Waals surface area contributed by atoms with E-state index in [1.807, 2.05) is 0 Å². The van der Waals surface area contributed by atoms with Crippen molar-refractivity contribution in [2.45, 2.75) is 25.7 Å². The first-order valence-electron chi connectivity index (χ1n) is 3.89. The summed E-state index contributed by atoms with van der Waals surface area (Å²) in [6.07, 6.45) is 4.65. The van der Waals surface area contributed by atoms with Crippen molar-refractivity contribution in [2.24, 2.45) is 11.5 Å². The molecule has 0 amide bonds. The summed E-state index contributed by atoms with van der Waals surface area (Å²) in [6.45, 7) is 1.94. The third-order valence-corrected chi connectivity index (χ3v) is 1.36. The quantitative estimate of drug-likeness (QED) is 0.404. The standard InChI is InChI=1S/C7H18N2O/c8-5-3-1-2-4-6-10-7-9/h1-9H2. The zero-order valence-electron chi connectivity index (χ0n) is 6.51. The van der Waals surface area contributed by atoms with E-state index in [1.54, 1.807) is 0 Å². The van der Waals surface area contributed by atoms with Crippen molar-refractivity contribution < 1.29 is 4.74 Å². The number of hydrogen-bond acceptors (Lipinski definition) is 3. The molecule has 0 aromatic rings. The molecule has 4 N–H and O–H groups in total. The van der Waals surface area contributed by atoms with Crippen molar-refractivity contribution in [3.8, 4) is 0 Å². The van der Waals surface area contributed by atoms with Crippen LogP contribution >= 0.6 is 0 Å². The Morgan fingerprint density at radius 2 is 1.60 bits per heavy atom. The third-order valence-electron chi connectivity index (χ3n) is 1.36. The SMILES string of the molecule is NCCCCCCOCN. The minimum Gasteiger partial charge on any atom is -0.367 e. The van der Waals surface area contributed by atoms with Gasteiger partial charge in [0, 0.05) is 6.61 Å². The first-order chi connectivity index (χ1) is 4.91. The van der Waals surface area contributed by atoms with E-state index in [9.17, 15) is 0 Å². The molecule has 0 aliphatic heterocycles. The molecule has 62 valence electrons. The topological polar surface area (TPSA) is 61.3 Å². The summed E-state index contributed by atoms with van der Waals surface area (Å²) in [5.74, 6) is 0. The Balaban J connectivity index is 2.65. The van der Waals surface area contributed by atoms with Crippen LogP contribution in [0.4, 0.5) is 0 Å². The minimum absolute atomic E-state index is 0.344. The third kappa shape index (κ3) is 7.88. The maximum atomic E-state index is 5.32. The molecule has 0 unspecified atom stereocenters. The summed E-state index contributed by atoms with van der Waals surface area (Å²) in [5, 5.41) is 0. The van der Waals surface area contributed by atoms with Crippen molar-refractivity contribution in [3.05, 3.63) is 0 Å². The fraction of sp³-hybridized carbons (Fsp3) is 1.00. The Morgan fingerprint density at radius 1 is 0.900 bits per heavy atom. The molecule has 0 atom stereocenters. The lowest BCUT2D eigenvalue weighted by Crippen LogP contribution is -2.05. The van der Waals surface area contributed by atoms with Gasteiger partial charge in [0.05, 0.1) is 6.73 Å². The van der Waals surface area contributed by atoms with Crippen LogP contribution in [0.3, 0.4) is 0 Å². The van der Waals surface area contributed by atoms with E-state index in [-0.39, 0.29) is 0 Å². The Kier molecular flexibility index (Phi) is 8.77. The van der Waals surface area contributed by atoms with Crippen molar-refractivity contribution in [1.29, 1.82) is 0 Å². The summed E-state index contributed by atoms with van der Waals surface area (Å²) >= 11 is 0. The van der Waals surface area contributed by atoms with Crippen LogP contribution < -0.4 is 11.5 Å². The Morgan fingerprint density at radius 3 is 2.20 bits per heavy atom. The Bertz CT molecular complexity index is 51.6. The predicted molar refractivity (Wildman–Crippen MR) is 42.5 cm³/mol. The van der Waals surface area contributed by atoms with Crippen LogP contribution in [-0.2, 0) is 4.74 Å². The van der Waals surface area contributed by atoms with Crippen molar-refractivity contribution in [3.63, 3.8) is 0 Å². The zero-order chi connectivity index (χ0) is 7.66. The molecular weight excluding hydrogens is 128 g/mol. The van der Waals surface area contributed by atoms with Gasteiger partial charge in [-0.3, -0.25) is 0 Å². The molecule has 0 heterocycles. The number of hydrogen-bond donors (Lipinski definition) is 2. The number of unbranched alkanes of at least 4 members (excludes halogenated alkanes) is 3. The van der Waals surface area contributed by atoms with Crippen LogP contribution in [0.25, 0.3) is 0 Å². The summed E-state index contributed by atoms with van der Waals surface area (Å²) in [7, 11) is 0. The van der Waals surface area contributed by atoms with E-state index >= 15 is 0 Å². The van der Waals surface area contributed by atoms with Crippen molar-refractivity contribution in [2.75, 3.05) is 19.9 Å². The molecular formula is C7H18N2O. The molecule has 0 aromatic heterocycles. The number of rotatable bonds is 7. The lowest BCUT2D eigenvalue weighted by Gasteiger charge is -1.99. The van der Waals surface area contributed by atoms with Gasteiger partial charge in [0.2, 0.25) is 0 Å². The maximum absolute atomic E-state index is 5.32. The average molecular weight is 146 g/mol. The van der Waals surface area contributed by atoms with Gasteiger partial charge in [0.25, 0.3) is 0 Å². The van der Waals surface area contributed by atoms with Crippen LogP contribution in [0.1, 0.15) is 25.7 Å². The summed E-state index contributed by atoms with van der Waals surface area (Å²) in [4.78, 5) is 0. The van der Waals surface area contributed by atoms with Gasteiger partial charge in [-0.25, -0.2) is 0 Å². The summed E-state index contributed by atoms with van der Waals surface area (Å²) < 4.78 is 4.96. The highest BCUT2D eigenvalue weighted by atomic mass is 16.5. The monoisotopic (exact) mass is 146 g/mol. The smallest absolute Gasteiger partial charge is 0.0940 e. The summed E-state index contributed by atoms with van der Waals surface area (Å²) in [5.41, 5.74) is 10.4. The van der Waals surface area contributed by atoms with Gasteiger partial charge in [-0.15, -0.1) is 0 Å². The highest BCUT2D eigenvalue weighted by Gasteiger charge is 1.87. The molecule has 0 radical (unpaired) electrons. The van der Waals surface area contributed by atoms with Crippen LogP contribution in [0.5, 0.6) is 0 Å².